The molecule has 9 aromatic carbocycles. The first-order chi connectivity index (χ1) is 31.2. The Morgan fingerprint density at radius 3 is 1.14 bits per heavy atom. The molecule has 11 aromatic rings. The number of aryl methyl sites for hydroxylation is 9. The Bertz CT molecular complexity index is 3680. The quantitative estimate of drug-likeness (QED) is 0.165. The zero-order valence-corrected chi connectivity index (χ0v) is 40.0. The van der Waals surface area contributed by atoms with Crippen LogP contribution < -0.4 is 9.80 Å². The van der Waals surface area contributed by atoms with Gasteiger partial charge in [0.15, 0.2) is 0 Å². The summed E-state index contributed by atoms with van der Waals surface area (Å²) in [6.07, 6.45) is 0. The number of nitrogens with zero attached hydrogens (tertiary/aromatic N) is 3. The summed E-state index contributed by atoms with van der Waals surface area (Å²) in [4.78, 5) is 5.16. The second-order valence-corrected chi connectivity index (χ2v) is 19.2. The molecule has 0 aliphatic rings. The fourth-order valence-corrected chi connectivity index (χ4v) is 10.9. The van der Waals surface area contributed by atoms with Crippen LogP contribution in [0.15, 0.2) is 127 Å². The molecule has 0 amide bonds. The van der Waals surface area contributed by atoms with Gasteiger partial charge in [-0.1, -0.05) is 72.8 Å². The Morgan fingerprint density at radius 2 is 0.692 bits per heavy atom. The van der Waals surface area contributed by atoms with E-state index in [1.165, 1.54) is 161 Å². The van der Waals surface area contributed by atoms with Crippen LogP contribution in [0.25, 0.3) is 59.6 Å². The summed E-state index contributed by atoms with van der Waals surface area (Å²) in [5.41, 5.74) is 26.5. The second-order valence-electron chi connectivity index (χ2n) is 19.2. The van der Waals surface area contributed by atoms with Crippen molar-refractivity contribution in [3.63, 3.8) is 0 Å². The van der Waals surface area contributed by atoms with E-state index in [2.05, 4.69) is 225 Å². The van der Waals surface area contributed by atoms with Gasteiger partial charge in [-0.25, -0.2) is 0 Å². The van der Waals surface area contributed by atoms with Gasteiger partial charge in [0.2, 0.25) is 0 Å². The largest absolute Gasteiger partial charge is 0.309 e. The van der Waals surface area contributed by atoms with Crippen molar-refractivity contribution in [2.24, 2.45) is 0 Å². The predicted molar refractivity (Wildman–Crippen MR) is 282 cm³/mol. The van der Waals surface area contributed by atoms with E-state index >= 15 is 0 Å². The molecule has 0 saturated carbocycles. The Morgan fingerprint density at radius 1 is 0.323 bits per heavy atom. The van der Waals surface area contributed by atoms with Crippen molar-refractivity contribution in [2.75, 3.05) is 9.80 Å². The van der Waals surface area contributed by atoms with Crippen LogP contribution in [0, 0.1) is 83.1 Å². The molecule has 0 unspecified atom stereocenters. The molecule has 0 aliphatic heterocycles. The lowest BCUT2D eigenvalue weighted by atomic mass is 9.95. The fraction of sp³-hybridized carbons (Fsp3) is 0.194. The molecule has 3 heteroatoms. The standard InChI is InChI=1S/C62H57N3/c1-34-24-42(9)55(31-35(34)2)64(50-29-40(7)45(12)41(8)30-50)62-52-21-16-14-19-47(52)33-57-59(62)54-23-17-22-53-58-56(65(57)60(53)54)32-46-18-13-15-20-51(46)61(58)63(48-25-36(3)43(10)37(4)26-48)49-27-38(5)44(11)39(6)28-49/h13-33H,1-12H3. The number of hydrogen-bond donors (Lipinski definition) is 0. The van der Waals surface area contributed by atoms with Gasteiger partial charge in [0.05, 0.1) is 27.9 Å². The SMILES string of the molecule is Cc1cc(C)c(N(c2cc(C)c(C)c(C)c2)c2c3ccccc3cc3c2c2cccc4c5c(N(c6cc(C)c(C)c(C)c6)c6cc(C)c(C)c(C)c6)c6ccccc6cc5n3c42)cc1C. The molecule has 65 heavy (non-hydrogen) atoms. The highest BCUT2D eigenvalue weighted by Gasteiger charge is 2.30. The van der Waals surface area contributed by atoms with Crippen LogP contribution in [0.2, 0.25) is 0 Å². The van der Waals surface area contributed by atoms with Crippen molar-refractivity contribution in [3.05, 3.63) is 194 Å². The highest BCUT2D eigenvalue weighted by molar-refractivity contribution is 6.33. The first-order valence-electron chi connectivity index (χ1n) is 23.2. The van der Waals surface area contributed by atoms with Gasteiger partial charge in [-0.15, -0.1) is 0 Å². The highest BCUT2D eigenvalue weighted by atomic mass is 15.2. The van der Waals surface area contributed by atoms with Crippen LogP contribution in [0.1, 0.15) is 66.8 Å². The molecule has 0 bridgehead atoms. The molecule has 0 atom stereocenters. The topological polar surface area (TPSA) is 10.9 Å². The van der Waals surface area contributed by atoms with Crippen LogP contribution in [0.5, 0.6) is 0 Å². The molecule has 2 aromatic heterocycles. The molecule has 320 valence electrons. The van der Waals surface area contributed by atoms with Crippen LogP contribution >= 0.6 is 0 Å². The Labute approximate surface area is 383 Å². The first kappa shape index (κ1) is 40.7. The van der Waals surface area contributed by atoms with Gasteiger partial charge in [0, 0.05) is 55.1 Å². The summed E-state index contributed by atoms with van der Waals surface area (Å²) < 4.78 is 2.60. The summed E-state index contributed by atoms with van der Waals surface area (Å²) in [5.74, 6) is 0. The van der Waals surface area contributed by atoms with E-state index in [0.717, 1.165) is 0 Å². The van der Waals surface area contributed by atoms with Crippen molar-refractivity contribution < 1.29 is 0 Å². The lowest BCUT2D eigenvalue weighted by molar-refractivity contribution is 1.20. The lowest BCUT2D eigenvalue weighted by Gasteiger charge is -2.31. The number of benzene rings is 9. The van der Waals surface area contributed by atoms with Crippen molar-refractivity contribution in [3.8, 4) is 0 Å². The second kappa shape index (κ2) is 14.7. The third kappa shape index (κ3) is 6.01. The van der Waals surface area contributed by atoms with Gasteiger partial charge in [-0.3, -0.25) is 0 Å². The summed E-state index contributed by atoms with van der Waals surface area (Å²) >= 11 is 0. The summed E-state index contributed by atoms with van der Waals surface area (Å²) in [6.45, 7) is 27.0. The number of hydrogen-bond acceptors (Lipinski definition) is 2. The average molecular weight is 844 g/mol. The van der Waals surface area contributed by atoms with Crippen LogP contribution in [-0.4, -0.2) is 4.40 Å². The zero-order chi connectivity index (χ0) is 45.3. The molecule has 3 nitrogen and oxygen atoms in total. The van der Waals surface area contributed by atoms with Crippen LogP contribution in [0.3, 0.4) is 0 Å². The molecule has 0 fully saturated rings. The maximum Gasteiger partial charge on any atom is 0.0640 e. The van der Waals surface area contributed by atoms with E-state index in [4.69, 9.17) is 0 Å². The summed E-state index contributed by atoms with van der Waals surface area (Å²) in [5, 5.41) is 9.94. The van der Waals surface area contributed by atoms with Gasteiger partial charge in [0.25, 0.3) is 0 Å². The van der Waals surface area contributed by atoms with E-state index in [9.17, 15) is 0 Å². The minimum Gasteiger partial charge on any atom is -0.309 e. The predicted octanol–water partition coefficient (Wildman–Crippen LogP) is 17.8. The maximum atomic E-state index is 2.60. The smallest absolute Gasteiger partial charge is 0.0640 e. The molecule has 0 radical (unpaired) electrons. The number of fused-ring (bicyclic) bond motifs is 8. The molecule has 0 N–H and O–H groups in total. The van der Waals surface area contributed by atoms with E-state index in [1.54, 1.807) is 0 Å². The number of aromatic nitrogens is 1. The fourth-order valence-electron chi connectivity index (χ4n) is 10.9. The van der Waals surface area contributed by atoms with E-state index in [0.29, 0.717) is 0 Å². The minimum atomic E-state index is 1.18. The number of anilines is 6. The van der Waals surface area contributed by atoms with Gasteiger partial charge >= 0.3 is 0 Å². The van der Waals surface area contributed by atoms with Gasteiger partial charge in [-0.05, 0) is 215 Å². The summed E-state index contributed by atoms with van der Waals surface area (Å²) in [6, 6.07) is 49.1. The summed E-state index contributed by atoms with van der Waals surface area (Å²) in [7, 11) is 0. The van der Waals surface area contributed by atoms with Crippen molar-refractivity contribution in [2.45, 2.75) is 83.1 Å². The Kier molecular flexibility index (Phi) is 9.21. The van der Waals surface area contributed by atoms with Crippen LogP contribution in [0.4, 0.5) is 34.1 Å². The normalized spacial score (nSPS) is 12.0. The Balaban J connectivity index is 1.34. The molecule has 0 spiro atoms. The lowest BCUT2D eigenvalue weighted by Crippen LogP contribution is -2.14. The molecular formula is C62H57N3. The van der Waals surface area contributed by atoms with Crippen molar-refractivity contribution in [1.82, 2.24) is 4.40 Å². The van der Waals surface area contributed by atoms with Gasteiger partial charge in [0.1, 0.15) is 0 Å². The highest BCUT2D eigenvalue weighted by Crippen LogP contribution is 2.54. The van der Waals surface area contributed by atoms with E-state index < -0.39 is 0 Å². The van der Waals surface area contributed by atoms with Crippen molar-refractivity contribution >= 4 is 93.8 Å². The van der Waals surface area contributed by atoms with Crippen molar-refractivity contribution in [1.29, 1.82) is 0 Å². The average Bonchev–Trinajstić information content (AvgIpc) is 3.79. The van der Waals surface area contributed by atoms with E-state index in [-0.39, 0.29) is 0 Å². The molecule has 0 saturated heterocycles. The molecular weight excluding hydrogens is 787 g/mol. The number of para-hydroxylation sites is 1. The monoisotopic (exact) mass is 843 g/mol. The maximum absolute atomic E-state index is 2.60. The van der Waals surface area contributed by atoms with E-state index in [1.807, 2.05) is 0 Å². The molecule has 2 heterocycles. The van der Waals surface area contributed by atoms with Crippen LogP contribution in [-0.2, 0) is 0 Å². The first-order valence-corrected chi connectivity index (χ1v) is 23.2. The Hall–Kier alpha value is -7.10. The molecule has 11 rings (SSSR count). The zero-order valence-electron chi connectivity index (χ0n) is 40.0. The molecule has 0 aliphatic carbocycles. The third-order valence-corrected chi connectivity index (χ3v) is 15.3. The minimum absolute atomic E-state index is 1.18. The van der Waals surface area contributed by atoms with Gasteiger partial charge < -0.3 is 14.2 Å². The number of rotatable bonds is 6. The third-order valence-electron chi connectivity index (χ3n) is 15.3. The van der Waals surface area contributed by atoms with Gasteiger partial charge in [-0.2, -0.15) is 0 Å².